The maximum atomic E-state index is 5.80. The lowest BCUT2D eigenvalue weighted by Crippen LogP contribution is -2.21. The highest BCUT2D eigenvalue weighted by atomic mass is 16.5. The standard InChI is InChI=1S/C17H24N2O/c1-13(2)20-15-5-6-17-16(11-15)14(12-18-17)7-10-19-8-3-4-9-19/h5-6,11-13,18H,3-4,7-10H2,1-2H3. The summed E-state index contributed by atoms with van der Waals surface area (Å²) in [5, 5.41) is 1.31. The van der Waals surface area contributed by atoms with Crippen LogP contribution in [-0.4, -0.2) is 35.6 Å². The van der Waals surface area contributed by atoms with Gasteiger partial charge in [-0.1, -0.05) is 0 Å². The molecule has 1 aliphatic heterocycles. The number of nitrogens with zero attached hydrogens (tertiary/aromatic N) is 1. The van der Waals surface area contributed by atoms with Crippen LogP contribution in [0.15, 0.2) is 24.4 Å². The van der Waals surface area contributed by atoms with Crippen molar-refractivity contribution in [1.29, 1.82) is 0 Å². The number of hydrogen-bond acceptors (Lipinski definition) is 2. The van der Waals surface area contributed by atoms with Crippen LogP contribution in [0.2, 0.25) is 0 Å². The smallest absolute Gasteiger partial charge is 0.120 e. The predicted molar refractivity (Wildman–Crippen MR) is 83.4 cm³/mol. The molecule has 0 saturated carbocycles. The van der Waals surface area contributed by atoms with Gasteiger partial charge in [0.1, 0.15) is 5.75 Å². The molecule has 3 heteroatoms. The third kappa shape index (κ3) is 2.98. The van der Waals surface area contributed by atoms with Crippen molar-refractivity contribution in [2.24, 2.45) is 0 Å². The summed E-state index contributed by atoms with van der Waals surface area (Å²) >= 11 is 0. The van der Waals surface area contributed by atoms with E-state index in [1.807, 2.05) is 6.07 Å². The molecule has 108 valence electrons. The lowest BCUT2D eigenvalue weighted by Gasteiger charge is -2.14. The average Bonchev–Trinajstić information content (AvgIpc) is 3.04. The van der Waals surface area contributed by atoms with Crippen molar-refractivity contribution >= 4 is 10.9 Å². The van der Waals surface area contributed by atoms with Crippen LogP contribution in [0.5, 0.6) is 5.75 Å². The molecule has 0 atom stereocenters. The number of ether oxygens (including phenoxy) is 1. The fourth-order valence-electron chi connectivity index (χ4n) is 2.99. The number of H-pyrrole nitrogens is 1. The summed E-state index contributed by atoms with van der Waals surface area (Å²) in [4.78, 5) is 5.93. The summed E-state index contributed by atoms with van der Waals surface area (Å²) in [6, 6.07) is 6.33. The van der Waals surface area contributed by atoms with E-state index in [-0.39, 0.29) is 6.10 Å². The number of benzene rings is 1. The van der Waals surface area contributed by atoms with E-state index in [0.717, 1.165) is 12.2 Å². The first-order valence-electron chi connectivity index (χ1n) is 7.71. The van der Waals surface area contributed by atoms with Gasteiger partial charge in [-0.2, -0.15) is 0 Å². The molecule has 1 saturated heterocycles. The first-order chi connectivity index (χ1) is 9.72. The number of rotatable bonds is 5. The third-order valence-electron chi connectivity index (χ3n) is 4.01. The summed E-state index contributed by atoms with van der Waals surface area (Å²) in [5.41, 5.74) is 2.61. The minimum atomic E-state index is 0.222. The molecule has 0 amide bonds. The minimum Gasteiger partial charge on any atom is -0.491 e. The van der Waals surface area contributed by atoms with Gasteiger partial charge in [-0.15, -0.1) is 0 Å². The number of hydrogen-bond donors (Lipinski definition) is 1. The van der Waals surface area contributed by atoms with Crippen molar-refractivity contribution in [1.82, 2.24) is 9.88 Å². The van der Waals surface area contributed by atoms with Gasteiger partial charge in [0, 0.05) is 23.6 Å². The fraction of sp³-hybridized carbons (Fsp3) is 0.529. The Labute approximate surface area is 120 Å². The summed E-state index contributed by atoms with van der Waals surface area (Å²) in [7, 11) is 0. The molecule has 3 rings (SSSR count). The fourth-order valence-corrected chi connectivity index (χ4v) is 2.99. The Hall–Kier alpha value is -1.48. The average molecular weight is 272 g/mol. The second-order valence-electron chi connectivity index (χ2n) is 5.99. The number of aromatic nitrogens is 1. The van der Waals surface area contributed by atoms with E-state index in [2.05, 4.69) is 42.1 Å². The molecule has 2 aromatic rings. The Bertz CT molecular complexity index is 567. The molecule has 0 radical (unpaired) electrons. The van der Waals surface area contributed by atoms with Gasteiger partial charge in [-0.3, -0.25) is 0 Å². The van der Waals surface area contributed by atoms with Gasteiger partial charge >= 0.3 is 0 Å². The van der Waals surface area contributed by atoms with Crippen molar-refractivity contribution < 1.29 is 4.74 Å². The summed E-state index contributed by atoms with van der Waals surface area (Å²) in [6.07, 6.45) is 6.21. The molecule has 1 N–H and O–H groups in total. The van der Waals surface area contributed by atoms with Crippen LogP contribution in [0, 0.1) is 0 Å². The number of aromatic amines is 1. The van der Waals surface area contributed by atoms with Crippen LogP contribution < -0.4 is 4.74 Å². The Morgan fingerprint density at radius 1 is 1.25 bits per heavy atom. The molecule has 0 unspecified atom stereocenters. The second kappa shape index (κ2) is 5.88. The molecule has 1 aliphatic rings. The summed E-state index contributed by atoms with van der Waals surface area (Å²) < 4.78 is 5.80. The van der Waals surface area contributed by atoms with Gasteiger partial charge < -0.3 is 14.6 Å². The maximum absolute atomic E-state index is 5.80. The van der Waals surface area contributed by atoms with E-state index in [1.54, 1.807) is 0 Å². The molecule has 3 nitrogen and oxygen atoms in total. The topological polar surface area (TPSA) is 28.3 Å². The van der Waals surface area contributed by atoms with E-state index in [1.165, 1.54) is 48.9 Å². The summed E-state index contributed by atoms with van der Waals surface area (Å²) in [6.45, 7) is 7.83. The van der Waals surface area contributed by atoms with Crippen LogP contribution >= 0.6 is 0 Å². The highest BCUT2D eigenvalue weighted by Gasteiger charge is 2.12. The van der Waals surface area contributed by atoms with Gasteiger partial charge in [0.05, 0.1) is 6.10 Å². The normalized spacial score (nSPS) is 16.4. The van der Waals surface area contributed by atoms with Crippen LogP contribution in [0.1, 0.15) is 32.3 Å². The Morgan fingerprint density at radius 2 is 2.05 bits per heavy atom. The van der Waals surface area contributed by atoms with Gasteiger partial charge in [0.15, 0.2) is 0 Å². The molecule has 1 aromatic heterocycles. The lowest BCUT2D eigenvalue weighted by molar-refractivity contribution is 0.243. The number of likely N-dealkylation sites (tertiary alicyclic amines) is 1. The molecule has 1 aromatic carbocycles. The molecule has 20 heavy (non-hydrogen) atoms. The van der Waals surface area contributed by atoms with Crippen molar-refractivity contribution in [3.8, 4) is 5.75 Å². The van der Waals surface area contributed by atoms with Gasteiger partial charge in [-0.05, 0) is 70.0 Å². The van der Waals surface area contributed by atoms with Crippen molar-refractivity contribution in [2.75, 3.05) is 19.6 Å². The zero-order valence-corrected chi connectivity index (χ0v) is 12.5. The van der Waals surface area contributed by atoms with E-state index in [9.17, 15) is 0 Å². The van der Waals surface area contributed by atoms with Crippen molar-refractivity contribution in [3.63, 3.8) is 0 Å². The van der Waals surface area contributed by atoms with E-state index < -0.39 is 0 Å². The predicted octanol–water partition coefficient (Wildman–Crippen LogP) is 3.59. The highest BCUT2D eigenvalue weighted by Crippen LogP contribution is 2.25. The Kier molecular flexibility index (Phi) is 3.97. The SMILES string of the molecule is CC(C)Oc1ccc2[nH]cc(CCN3CCCC3)c2c1. The Balaban J connectivity index is 1.75. The molecular formula is C17H24N2O. The molecule has 0 aliphatic carbocycles. The number of fused-ring (bicyclic) bond motifs is 1. The number of nitrogens with one attached hydrogen (secondary N) is 1. The quantitative estimate of drug-likeness (QED) is 0.901. The first kappa shape index (κ1) is 13.5. The molecule has 0 spiro atoms. The minimum absolute atomic E-state index is 0.222. The Morgan fingerprint density at radius 3 is 2.80 bits per heavy atom. The largest absolute Gasteiger partial charge is 0.491 e. The molecule has 1 fully saturated rings. The van der Waals surface area contributed by atoms with Crippen LogP contribution in [-0.2, 0) is 6.42 Å². The zero-order valence-electron chi connectivity index (χ0n) is 12.5. The highest BCUT2D eigenvalue weighted by molar-refractivity contribution is 5.84. The van der Waals surface area contributed by atoms with E-state index in [0.29, 0.717) is 0 Å². The van der Waals surface area contributed by atoms with Gasteiger partial charge in [0.2, 0.25) is 0 Å². The zero-order chi connectivity index (χ0) is 13.9. The monoisotopic (exact) mass is 272 g/mol. The maximum Gasteiger partial charge on any atom is 0.120 e. The van der Waals surface area contributed by atoms with Gasteiger partial charge in [-0.25, -0.2) is 0 Å². The van der Waals surface area contributed by atoms with E-state index in [4.69, 9.17) is 4.74 Å². The summed E-state index contributed by atoms with van der Waals surface area (Å²) in [5.74, 6) is 0.967. The molecule has 0 bridgehead atoms. The van der Waals surface area contributed by atoms with Crippen LogP contribution in [0.4, 0.5) is 0 Å². The third-order valence-corrected chi connectivity index (χ3v) is 4.01. The van der Waals surface area contributed by atoms with Crippen LogP contribution in [0.3, 0.4) is 0 Å². The van der Waals surface area contributed by atoms with E-state index >= 15 is 0 Å². The first-order valence-corrected chi connectivity index (χ1v) is 7.71. The lowest BCUT2D eigenvalue weighted by atomic mass is 10.1. The second-order valence-corrected chi connectivity index (χ2v) is 5.99. The van der Waals surface area contributed by atoms with Crippen molar-refractivity contribution in [3.05, 3.63) is 30.0 Å². The van der Waals surface area contributed by atoms with Crippen LogP contribution in [0.25, 0.3) is 10.9 Å². The molecular weight excluding hydrogens is 248 g/mol. The van der Waals surface area contributed by atoms with Crippen molar-refractivity contribution in [2.45, 2.75) is 39.2 Å². The van der Waals surface area contributed by atoms with Gasteiger partial charge in [0.25, 0.3) is 0 Å². The molecule has 2 heterocycles.